The average Bonchev–Trinajstić information content (AvgIpc) is 2.14. The van der Waals surface area contributed by atoms with Gasteiger partial charge in [-0.1, -0.05) is 18.6 Å². The van der Waals surface area contributed by atoms with Crippen molar-refractivity contribution in [3.8, 4) is 0 Å². The number of hydrogen-bond acceptors (Lipinski definition) is 2. The van der Waals surface area contributed by atoms with Gasteiger partial charge in [0, 0.05) is 11.3 Å². The lowest BCUT2D eigenvalue weighted by atomic mass is 9.60. The number of carbonyl (C=O) groups excluding carboxylic acids is 2. The zero-order valence-corrected chi connectivity index (χ0v) is 9.46. The van der Waals surface area contributed by atoms with Gasteiger partial charge in [-0.05, 0) is 38.3 Å². The summed E-state index contributed by atoms with van der Waals surface area (Å²) >= 11 is 0. The summed E-state index contributed by atoms with van der Waals surface area (Å²) < 4.78 is 0. The highest BCUT2D eigenvalue weighted by molar-refractivity contribution is 6.12. The largest absolute Gasteiger partial charge is 0.294 e. The minimum absolute atomic E-state index is 0.122. The van der Waals surface area contributed by atoms with Gasteiger partial charge < -0.3 is 0 Å². The molecule has 2 rings (SSSR count). The first-order valence-corrected chi connectivity index (χ1v) is 5.38. The fourth-order valence-electron chi connectivity index (χ4n) is 2.72. The van der Waals surface area contributed by atoms with Crippen molar-refractivity contribution in [2.45, 2.75) is 33.6 Å². The Morgan fingerprint density at radius 2 is 2.00 bits per heavy atom. The number of rotatable bonds is 0. The third-order valence-electron chi connectivity index (χ3n) is 3.73. The molecule has 2 aliphatic carbocycles. The van der Waals surface area contributed by atoms with Gasteiger partial charge in [-0.15, -0.1) is 0 Å². The normalized spacial score (nSPS) is 35.8. The smallest absolute Gasteiger partial charge is 0.163 e. The van der Waals surface area contributed by atoms with Crippen molar-refractivity contribution < 1.29 is 9.59 Å². The highest BCUT2D eigenvalue weighted by atomic mass is 16.1. The molecule has 0 radical (unpaired) electrons. The number of allylic oxidation sites excluding steroid dienone is 4. The van der Waals surface area contributed by atoms with E-state index in [0.717, 1.165) is 12.8 Å². The fourth-order valence-corrected chi connectivity index (χ4v) is 2.72. The van der Waals surface area contributed by atoms with Crippen LogP contribution in [0.4, 0.5) is 0 Å². The Balaban J connectivity index is 2.48. The predicted octanol–water partition coefficient (Wildman–Crippen LogP) is 2.45. The summed E-state index contributed by atoms with van der Waals surface area (Å²) in [6.07, 6.45) is 5.07. The van der Waals surface area contributed by atoms with Crippen LogP contribution in [-0.2, 0) is 9.59 Å². The van der Waals surface area contributed by atoms with Crippen LogP contribution in [0.15, 0.2) is 23.3 Å². The highest BCUT2D eigenvalue weighted by Gasteiger charge is 2.47. The van der Waals surface area contributed by atoms with Crippen LogP contribution in [0.3, 0.4) is 0 Å². The number of Topliss-reactive ketones (excluding diaryl/α,β-unsaturated/α-hetero) is 1. The molecule has 0 saturated heterocycles. The van der Waals surface area contributed by atoms with E-state index in [-0.39, 0.29) is 17.5 Å². The van der Waals surface area contributed by atoms with Crippen LogP contribution in [0.1, 0.15) is 33.6 Å². The molecular weight excluding hydrogens is 188 g/mol. The van der Waals surface area contributed by atoms with Crippen LogP contribution in [0, 0.1) is 11.3 Å². The van der Waals surface area contributed by atoms with Crippen molar-refractivity contribution in [2.24, 2.45) is 11.3 Å². The molecule has 0 spiro atoms. The minimum Gasteiger partial charge on any atom is -0.294 e. The lowest BCUT2D eigenvalue weighted by molar-refractivity contribution is -0.136. The molecule has 0 amide bonds. The molecule has 2 heteroatoms. The Morgan fingerprint density at radius 1 is 1.33 bits per heavy atom. The zero-order valence-electron chi connectivity index (χ0n) is 9.46. The Labute approximate surface area is 90.1 Å². The lowest BCUT2D eigenvalue weighted by Crippen LogP contribution is -2.44. The summed E-state index contributed by atoms with van der Waals surface area (Å²) in [6, 6.07) is 0. The fraction of sp³-hybridized carbons (Fsp3) is 0.538. The van der Waals surface area contributed by atoms with Crippen LogP contribution in [0.5, 0.6) is 0 Å². The number of fused-ring (bicyclic) bond motifs is 1. The number of hydrogen-bond donors (Lipinski definition) is 0. The standard InChI is InChI=1S/C13H16O2/c1-8-4-5-10-12(15)9(2)6-11(14)13(10,3)7-8/h4,6,10H,5,7H2,1-3H3/t10-,13+/m1/s1. The van der Waals surface area contributed by atoms with Crippen molar-refractivity contribution in [1.29, 1.82) is 0 Å². The quantitative estimate of drug-likeness (QED) is 0.568. The molecule has 0 aromatic heterocycles. The van der Waals surface area contributed by atoms with Crippen molar-refractivity contribution in [3.05, 3.63) is 23.3 Å². The van der Waals surface area contributed by atoms with Gasteiger partial charge in [0.25, 0.3) is 0 Å². The third kappa shape index (κ3) is 1.39. The summed E-state index contributed by atoms with van der Waals surface area (Å²) in [5, 5.41) is 0. The van der Waals surface area contributed by atoms with Gasteiger partial charge in [0.15, 0.2) is 11.6 Å². The number of ketones is 2. The van der Waals surface area contributed by atoms with E-state index in [1.54, 1.807) is 6.92 Å². The molecule has 0 bridgehead atoms. The Hall–Kier alpha value is -1.18. The van der Waals surface area contributed by atoms with E-state index in [1.807, 2.05) is 13.8 Å². The van der Waals surface area contributed by atoms with Crippen molar-refractivity contribution in [3.63, 3.8) is 0 Å². The molecule has 0 aromatic rings. The second kappa shape index (κ2) is 3.16. The van der Waals surface area contributed by atoms with Crippen LogP contribution in [-0.4, -0.2) is 11.6 Å². The summed E-state index contributed by atoms with van der Waals surface area (Å²) in [7, 11) is 0. The van der Waals surface area contributed by atoms with Crippen LogP contribution >= 0.6 is 0 Å². The first-order valence-electron chi connectivity index (χ1n) is 5.38. The molecule has 0 fully saturated rings. The maximum Gasteiger partial charge on any atom is 0.163 e. The minimum atomic E-state index is -0.477. The molecule has 2 aliphatic rings. The maximum atomic E-state index is 12.0. The van der Waals surface area contributed by atoms with Gasteiger partial charge in [-0.3, -0.25) is 9.59 Å². The Morgan fingerprint density at radius 3 is 2.67 bits per heavy atom. The van der Waals surface area contributed by atoms with E-state index in [4.69, 9.17) is 0 Å². The molecular formula is C13H16O2. The molecule has 80 valence electrons. The van der Waals surface area contributed by atoms with Gasteiger partial charge in [-0.2, -0.15) is 0 Å². The molecule has 0 aromatic carbocycles. The average molecular weight is 204 g/mol. The summed E-state index contributed by atoms with van der Waals surface area (Å²) in [5.74, 6) is 0.150. The van der Waals surface area contributed by atoms with Crippen LogP contribution in [0.2, 0.25) is 0 Å². The van der Waals surface area contributed by atoms with Crippen LogP contribution in [0.25, 0.3) is 0 Å². The zero-order chi connectivity index (χ0) is 11.2. The Bertz CT molecular complexity index is 401. The van der Waals surface area contributed by atoms with Crippen molar-refractivity contribution >= 4 is 11.6 Å². The molecule has 0 aliphatic heterocycles. The number of carbonyl (C=O) groups is 2. The monoisotopic (exact) mass is 204 g/mol. The second-order valence-corrected chi connectivity index (χ2v) is 4.99. The van der Waals surface area contributed by atoms with E-state index in [0.29, 0.717) is 5.57 Å². The van der Waals surface area contributed by atoms with E-state index in [2.05, 4.69) is 6.08 Å². The SMILES string of the molecule is CC1=CC[C@@H]2C(=O)C(C)=CC(=O)[C@@]2(C)C1. The topological polar surface area (TPSA) is 34.1 Å². The molecule has 0 heterocycles. The van der Waals surface area contributed by atoms with E-state index >= 15 is 0 Å². The summed E-state index contributed by atoms with van der Waals surface area (Å²) in [4.78, 5) is 24.0. The molecule has 2 atom stereocenters. The van der Waals surface area contributed by atoms with Gasteiger partial charge in [-0.25, -0.2) is 0 Å². The highest BCUT2D eigenvalue weighted by Crippen LogP contribution is 2.45. The lowest BCUT2D eigenvalue weighted by Gasteiger charge is -2.40. The van der Waals surface area contributed by atoms with Gasteiger partial charge in [0.2, 0.25) is 0 Å². The van der Waals surface area contributed by atoms with E-state index < -0.39 is 5.41 Å². The van der Waals surface area contributed by atoms with Crippen molar-refractivity contribution in [2.75, 3.05) is 0 Å². The van der Waals surface area contributed by atoms with E-state index in [1.165, 1.54) is 11.6 Å². The molecule has 0 saturated carbocycles. The van der Waals surface area contributed by atoms with Gasteiger partial charge in [0.1, 0.15) is 0 Å². The summed E-state index contributed by atoms with van der Waals surface area (Å²) in [6.45, 7) is 5.70. The van der Waals surface area contributed by atoms with E-state index in [9.17, 15) is 9.59 Å². The van der Waals surface area contributed by atoms with Crippen LogP contribution < -0.4 is 0 Å². The second-order valence-electron chi connectivity index (χ2n) is 4.99. The molecule has 15 heavy (non-hydrogen) atoms. The van der Waals surface area contributed by atoms with Gasteiger partial charge >= 0.3 is 0 Å². The van der Waals surface area contributed by atoms with Crippen molar-refractivity contribution in [1.82, 2.24) is 0 Å². The van der Waals surface area contributed by atoms with Gasteiger partial charge in [0.05, 0.1) is 0 Å². The maximum absolute atomic E-state index is 12.0. The summed E-state index contributed by atoms with van der Waals surface area (Å²) in [5.41, 5.74) is 1.37. The first kappa shape index (κ1) is 10.3. The molecule has 0 unspecified atom stereocenters. The first-order chi connectivity index (χ1) is 6.95. The molecule has 0 N–H and O–H groups in total. The third-order valence-corrected chi connectivity index (χ3v) is 3.73. The predicted molar refractivity (Wildman–Crippen MR) is 58.4 cm³/mol. The Kier molecular flexibility index (Phi) is 2.18. The molecule has 2 nitrogen and oxygen atoms in total.